The van der Waals surface area contributed by atoms with Crippen LogP contribution >= 0.6 is 0 Å². The van der Waals surface area contributed by atoms with Gasteiger partial charge in [-0.1, -0.05) is 0 Å². The van der Waals surface area contributed by atoms with Crippen LogP contribution in [0.15, 0.2) is 12.1 Å². The maximum Gasteiger partial charge on any atom is 0.286 e. The average molecular weight is 249 g/mol. The lowest BCUT2D eigenvalue weighted by Gasteiger charge is -2.31. The Hall–Kier alpha value is -1.95. The van der Waals surface area contributed by atoms with Crippen molar-refractivity contribution in [3.05, 3.63) is 17.7 Å². The summed E-state index contributed by atoms with van der Waals surface area (Å²) in [5, 5.41) is 0. The minimum atomic E-state index is -0.625. The molecule has 0 N–H and O–H groups in total. The second kappa shape index (κ2) is 3.29. The van der Waals surface area contributed by atoms with Crippen LogP contribution in [0.2, 0.25) is 0 Å². The predicted molar refractivity (Wildman–Crippen MR) is 58.6 cm³/mol. The van der Waals surface area contributed by atoms with Gasteiger partial charge in [-0.15, -0.1) is 0 Å². The van der Waals surface area contributed by atoms with Crippen LogP contribution in [0.25, 0.3) is 0 Å². The Morgan fingerprint density at radius 1 is 1.22 bits per heavy atom. The molecule has 1 aromatic carbocycles. The maximum atomic E-state index is 12.4. The van der Waals surface area contributed by atoms with E-state index >= 15 is 0 Å². The smallest absolute Gasteiger partial charge is 0.286 e. The van der Waals surface area contributed by atoms with Gasteiger partial charge in [0, 0.05) is 12.1 Å². The molecule has 3 aliphatic rings. The number of hydrogen-bond donors (Lipinski definition) is 0. The molecule has 4 rings (SSSR count). The molecule has 3 aliphatic heterocycles. The number of rotatable bonds is 0. The number of fused-ring (bicyclic) bond motifs is 3. The van der Waals surface area contributed by atoms with Gasteiger partial charge < -0.3 is 18.9 Å². The Bertz CT molecular complexity index is 544. The molecular weight excluding hydrogens is 238 g/mol. The molecule has 1 amide bonds. The van der Waals surface area contributed by atoms with Gasteiger partial charge in [0.1, 0.15) is 5.75 Å². The molecule has 0 aliphatic carbocycles. The summed E-state index contributed by atoms with van der Waals surface area (Å²) in [4.78, 5) is 14.0. The molecule has 1 fully saturated rings. The Morgan fingerprint density at radius 2 is 2.00 bits per heavy atom. The molecule has 0 radical (unpaired) electrons. The van der Waals surface area contributed by atoms with Gasteiger partial charge in [-0.3, -0.25) is 9.69 Å². The molecule has 1 aromatic rings. The van der Waals surface area contributed by atoms with Crippen LogP contribution in [0.1, 0.15) is 17.3 Å². The van der Waals surface area contributed by atoms with Crippen molar-refractivity contribution in [3.8, 4) is 17.2 Å². The van der Waals surface area contributed by atoms with Crippen LogP contribution in [0, 0.1) is 0 Å². The van der Waals surface area contributed by atoms with Gasteiger partial charge in [-0.2, -0.15) is 0 Å². The van der Waals surface area contributed by atoms with Crippen LogP contribution in [0.5, 0.6) is 17.2 Å². The van der Waals surface area contributed by atoms with E-state index in [0.717, 1.165) is 0 Å². The van der Waals surface area contributed by atoms with E-state index in [1.165, 1.54) is 0 Å². The van der Waals surface area contributed by atoms with Crippen molar-refractivity contribution < 1.29 is 23.7 Å². The van der Waals surface area contributed by atoms with E-state index in [4.69, 9.17) is 18.9 Å². The quantitative estimate of drug-likeness (QED) is 0.685. The van der Waals surface area contributed by atoms with Crippen molar-refractivity contribution >= 4 is 5.91 Å². The van der Waals surface area contributed by atoms with E-state index in [2.05, 4.69) is 0 Å². The summed E-state index contributed by atoms with van der Waals surface area (Å²) in [7, 11) is 0. The molecule has 18 heavy (non-hydrogen) atoms. The first-order chi connectivity index (χ1) is 8.74. The van der Waals surface area contributed by atoms with Crippen LogP contribution in [-0.2, 0) is 4.74 Å². The highest BCUT2D eigenvalue weighted by molar-refractivity contribution is 5.99. The number of nitrogens with zero attached hydrogens (tertiary/aromatic N) is 1. The molecule has 0 bridgehead atoms. The Morgan fingerprint density at radius 3 is 2.83 bits per heavy atom. The Kier molecular flexibility index (Phi) is 1.83. The summed E-state index contributed by atoms with van der Waals surface area (Å²) in [6.45, 7) is 2.59. The molecule has 1 saturated heterocycles. The highest BCUT2D eigenvalue weighted by atomic mass is 16.7. The number of carbonyl (C=O) groups is 1. The van der Waals surface area contributed by atoms with Gasteiger partial charge in [-0.05, 0) is 6.92 Å². The van der Waals surface area contributed by atoms with E-state index in [9.17, 15) is 4.79 Å². The number of benzene rings is 1. The summed E-state index contributed by atoms with van der Waals surface area (Å²) in [6, 6.07) is 3.36. The third-order valence-corrected chi connectivity index (χ3v) is 3.35. The van der Waals surface area contributed by atoms with Crippen LogP contribution in [-0.4, -0.2) is 36.7 Å². The van der Waals surface area contributed by atoms with Crippen molar-refractivity contribution in [2.24, 2.45) is 0 Å². The van der Waals surface area contributed by atoms with Crippen LogP contribution in [0.4, 0.5) is 0 Å². The minimum absolute atomic E-state index is 0.0149. The third-order valence-electron chi connectivity index (χ3n) is 3.35. The summed E-state index contributed by atoms with van der Waals surface area (Å²) >= 11 is 0. The van der Waals surface area contributed by atoms with Gasteiger partial charge in [0.15, 0.2) is 11.5 Å². The lowest BCUT2D eigenvalue weighted by molar-refractivity contribution is -0.108. The fourth-order valence-electron chi connectivity index (χ4n) is 2.41. The normalized spacial score (nSPS) is 27.8. The fraction of sp³-hybridized carbons (Fsp3) is 0.417. The molecule has 6 heteroatoms. The van der Waals surface area contributed by atoms with Crippen molar-refractivity contribution in [2.45, 2.75) is 19.4 Å². The lowest BCUT2D eigenvalue weighted by Crippen LogP contribution is -2.46. The predicted octanol–water partition coefficient (Wildman–Crippen LogP) is 0.952. The molecule has 2 atom stereocenters. The number of hydrogen-bond acceptors (Lipinski definition) is 5. The van der Waals surface area contributed by atoms with Gasteiger partial charge in [0.2, 0.25) is 6.79 Å². The summed E-state index contributed by atoms with van der Waals surface area (Å²) in [5.74, 6) is 1.57. The minimum Gasteiger partial charge on any atom is -0.454 e. The van der Waals surface area contributed by atoms with Gasteiger partial charge >= 0.3 is 0 Å². The van der Waals surface area contributed by atoms with E-state index in [-0.39, 0.29) is 18.7 Å². The third kappa shape index (κ3) is 1.18. The molecule has 94 valence electrons. The standard InChI is InChI=1S/C12H11NO5/c1-6-4-15-12-13(6)11(14)7-2-9-10(17-5-16-9)3-8(7)18-12/h2-3,6,12H,4-5H2,1H3. The number of amides is 1. The second-order valence-corrected chi connectivity index (χ2v) is 4.52. The van der Waals surface area contributed by atoms with E-state index in [1.807, 2.05) is 6.92 Å². The zero-order valence-electron chi connectivity index (χ0n) is 9.71. The first kappa shape index (κ1) is 10.0. The summed E-state index contributed by atoms with van der Waals surface area (Å²) in [6.07, 6.45) is -0.625. The fourth-order valence-corrected chi connectivity index (χ4v) is 2.41. The maximum absolute atomic E-state index is 12.4. The monoisotopic (exact) mass is 249 g/mol. The zero-order chi connectivity index (χ0) is 12.3. The van der Waals surface area contributed by atoms with Crippen molar-refractivity contribution in [2.75, 3.05) is 13.4 Å². The second-order valence-electron chi connectivity index (χ2n) is 4.52. The summed E-state index contributed by atoms with van der Waals surface area (Å²) in [5.41, 5.74) is 0.493. The SMILES string of the molecule is CC1COC2Oc3cc4c(cc3C(=O)N12)OCO4. The first-order valence-electron chi connectivity index (χ1n) is 5.78. The Balaban J connectivity index is 1.83. The summed E-state index contributed by atoms with van der Waals surface area (Å²) < 4.78 is 21.6. The molecule has 6 nitrogen and oxygen atoms in total. The Labute approximate surface area is 103 Å². The molecule has 3 heterocycles. The lowest BCUT2D eigenvalue weighted by atomic mass is 10.1. The zero-order valence-corrected chi connectivity index (χ0v) is 9.71. The van der Waals surface area contributed by atoms with Gasteiger partial charge in [0.25, 0.3) is 12.3 Å². The molecular formula is C12H11NO5. The molecule has 0 spiro atoms. The van der Waals surface area contributed by atoms with Gasteiger partial charge in [-0.25, -0.2) is 0 Å². The first-order valence-corrected chi connectivity index (χ1v) is 5.78. The van der Waals surface area contributed by atoms with Crippen molar-refractivity contribution in [3.63, 3.8) is 0 Å². The average Bonchev–Trinajstić information content (AvgIpc) is 2.94. The largest absolute Gasteiger partial charge is 0.454 e. The number of carbonyl (C=O) groups excluding carboxylic acids is 1. The van der Waals surface area contributed by atoms with E-state index < -0.39 is 6.41 Å². The van der Waals surface area contributed by atoms with Crippen molar-refractivity contribution in [1.29, 1.82) is 0 Å². The van der Waals surface area contributed by atoms with Gasteiger partial charge in [0.05, 0.1) is 18.2 Å². The molecule has 0 aromatic heterocycles. The van der Waals surface area contributed by atoms with E-state index in [0.29, 0.717) is 29.4 Å². The molecule has 2 unspecified atom stereocenters. The highest BCUT2D eigenvalue weighted by Gasteiger charge is 2.43. The van der Waals surface area contributed by atoms with Crippen LogP contribution in [0.3, 0.4) is 0 Å². The van der Waals surface area contributed by atoms with E-state index in [1.54, 1.807) is 17.0 Å². The topological polar surface area (TPSA) is 57.2 Å². The van der Waals surface area contributed by atoms with Crippen LogP contribution < -0.4 is 14.2 Å². The molecule has 0 saturated carbocycles. The highest BCUT2D eigenvalue weighted by Crippen LogP contribution is 2.42. The van der Waals surface area contributed by atoms with Crippen molar-refractivity contribution in [1.82, 2.24) is 4.90 Å². The number of ether oxygens (including phenoxy) is 4.